The molecule has 0 saturated carbocycles. The van der Waals surface area contributed by atoms with Crippen LogP contribution in [0.5, 0.6) is 0 Å². The zero-order chi connectivity index (χ0) is 19.1. The first-order chi connectivity index (χ1) is 13.0. The molecule has 1 amide bonds. The summed E-state index contributed by atoms with van der Waals surface area (Å²) in [6, 6.07) is 12.2. The minimum absolute atomic E-state index is 0.0748. The number of benzene rings is 2. The van der Waals surface area contributed by atoms with Crippen molar-refractivity contribution in [1.29, 1.82) is 5.26 Å². The van der Waals surface area contributed by atoms with E-state index in [0.29, 0.717) is 17.7 Å². The van der Waals surface area contributed by atoms with Gasteiger partial charge in [0.05, 0.1) is 29.9 Å². The zero-order valence-corrected chi connectivity index (χ0v) is 15.3. The van der Waals surface area contributed by atoms with E-state index in [2.05, 4.69) is 29.1 Å². The zero-order valence-electron chi connectivity index (χ0n) is 15.3. The molecule has 2 heterocycles. The molecule has 1 aliphatic heterocycles. The third kappa shape index (κ3) is 2.64. The Balaban J connectivity index is 1.85. The number of carbonyl (C=O) groups excluding carboxylic acids is 1. The SMILES string of the molecule is C=C(C#N)CN1Cc2c(-c3ccc4cnn(C)c4c3)ccc(NC)c2C1=O. The lowest BCUT2D eigenvalue weighted by atomic mass is 9.95. The molecule has 0 atom stereocenters. The molecule has 3 aromatic rings. The number of aromatic nitrogens is 2. The second-order valence-corrected chi connectivity index (χ2v) is 6.68. The van der Waals surface area contributed by atoms with Gasteiger partial charge in [0.1, 0.15) is 0 Å². The van der Waals surface area contributed by atoms with E-state index in [1.807, 2.05) is 42.2 Å². The topological polar surface area (TPSA) is 74.0 Å². The van der Waals surface area contributed by atoms with Crippen molar-refractivity contribution in [2.45, 2.75) is 6.54 Å². The van der Waals surface area contributed by atoms with Gasteiger partial charge in [-0.25, -0.2) is 0 Å². The molecule has 0 bridgehead atoms. The minimum atomic E-state index is -0.0748. The molecule has 134 valence electrons. The van der Waals surface area contributed by atoms with Crippen LogP contribution in [0.1, 0.15) is 15.9 Å². The smallest absolute Gasteiger partial charge is 0.256 e. The number of hydrogen-bond acceptors (Lipinski definition) is 4. The molecule has 1 aliphatic rings. The van der Waals surface area contributed by atoms with Crippen molar-refractivity contribution in [3.05, 3.63) is 59.8 Å². The van der Waals surface area contributed by atoms with E-state index >= 15 is 0 Å². The summed E-state index contributed by atoms with van der Waals surface area (Å²) in [5.74, 6) is -0.0748. The van der Waals surface area contributed by atoms with Gasteiger partial charge >= 0.3 is 0 Å². The van der Waals surface area contributed by atoms with Crippen molar-refractivity contribution in [2.24, 2.45) is 7.05 Å². The molecule has 1 aromatic heterocycles. The van der Waals surface area contributed by atoms with Crippen LogP contribution in [0.25, 0.3) is 22.0 Å². The quantitative estimate of drug-likeness (QED) is 0.727. The minimum Gasteiger partial charge on any atom is -0.387 e. The molecule has 0 unspecified atom stereocenters. The largest absolute Gasteiger partial charge is 0.387 e. The van der Waals surface area contributed by atoms with E-state index in [1.54, 1.807) is 11.9 Å². The van der Waals surface area contributed by atoms with Crippen LogP contribution in [0.3, 0.4) is 0 Å². The van der Waals surface area contributed by atoms with Crippen molar-refractivity contribution >= 4 is 22.5 Å². The summed E-state index contributed by atoms with van der Waals surface area (Å²) in [5.41, 5.74) is 5.91. The summed E-state index contributed by atoms with van der Waals surface area (Å²) in [7, 11) is 3.72. The summed E-state index contributed by atoms with van der Waals surface area (Å²) < 4.78 is 1.84. The predicted octanol–water partition coefficient (Wildman–Crippen LogP) is 3.32. The number of aryl methyl sites for hydroxylation is 1. The standard InChI is InChI=1S/C21H19N5O/c1-13(9-22)11-26-12-17-16(6-7-18(23-2)20(17)21(26)27)14-4-5-15-10-24-25(3)19(15)8-14/h4-8,10,23H,1,11-12H2,2-3H3. The lowest BCUT2D eigenvalue weighted by molar-refractivity contribution is 0.0794. The fraction of sp³-hybridized carbons (Fsp3) is 0.190. The molecule has 4 rings (SSSR count). The van der Waals surface area contributed by atoms with E-state index < -0.39 is 0 Å². The predicted molar refractivity (Wildman–Crippen MR) is 105 cm³/mol. The fourth-order valence-electron chi connectivity index (χ4n) is 3.66. The van der Waals surface area contributed by atoms with Gasteiger partial charge in [0.25, 0.3) is 5.91 Å². The molecule has 2 aromatic carbocycles. The van der Waals surface area contributed by atoms with Gasteiger partial charge in [-0.15, -0.1) is 0 Å². The van der Waals surface area contributed by atoms with Gasteiger partial charge in [0, 0.05) is 37.3 Å². The Hall–Kier alpha value is -3.59. The van der Waals surface area contributed by atoms with Crippen molar-refractivity contribution in [1.82, 2.24) is 14.7 Å². The monoisotopic (exact) mass is 357 g/mol. The van der Waals surface area contributed by atoms with Gasteiger partial charge in [-0.1, -0.05) is 24.8 Å². The Morgan fingerprint density at radius 2 is 2.19 bits per heavy atom. The van der Waals surface area contributed by atoms with Crippen LogP contribution >= 0.6 is 0 Å². The van der Waals surface area contributed by atoms with Gasteiger partial charge in [0.2, 0.25) is 0 Å². The van der Waals surface area contributed by atoms with E-state index in [0.717, 1.165) is 33.3 Å². The third-order valence-electron chi connectivity index (χ3n) is 5.03. The van der Waals surface area contributed by atoms with Crippen LogP contribution in [-0.4, -0.2) is 34.2 Å². The van der Waals surface area contributed by atoms with Gasteiger partial charge < -0.3 is 10.2 Å². The van der Waals surface area contributed by atoms with Crippen LogP contribution < -0.4 is 5.32 Å². The molecule has 6 nitrogen and oxygen atoms in total. The highest BCUT2D eigenvalue weighted by Gasteiger charge is 2.32. The molecule has 27 heavy (non-hydrogen) atoms. The summed E-state index contributed by atoms with van der Waals surface area (Å²) in [5, 5.41) is 17.5. The first-order valence-electron chi connectivity index (χ1n) is 8.66. The van der Waals surface area contributed by atoms with Crippen LogP contribution in [0.15, 0.2) is 48.7 Å². The average Bonchev–Trinajstić information content (AvgIpc) is 3.21. The van der Waals surface area contributed by atoms with Gasteiger partial charge in [-0.2, -0.15) is 10.4 Å². The number of anilines is 1. The first-order valence-corrected chi connectivity index (χ1v) is 8.66. The fourth-order valence-corrected chi connectivity index (χ4v) is 3.66. The number of fused-ring (bicyclic) bond motifs is 2. The molecule has 0 aliphatic carbocycles. The molecule has 6 heteroatoms. The normalized spacial score (nSPS) is 12.9. The van der Waals surface area contributed by atoms with Gasteiger partial charge in [-0.05, 0) is 28.8 Å². The van der Waals surface area contributed by atoms with E-state index in [4.69, 9.17) is 5.26 Å². The summed E-state index contributed by atoms with van der Waals surface area (Å²) >= 11 is 0. The second-order valence-electron chi connectivity index (χ2n) is 6.68. The highest BCUT2D eigenvalue weighted by Crippen LogP contribution is 2.38. The molecule has 0 spiro atoms. The summed E-state index contributed by atoms with van der Waals surface area (Å²) in [6.07, 6.45) is 1.84. The van der Waals surface area contributed by atoms with Crippen LogP contribution in [0.2, 0.25) is 0 Å². The number of nitrogens with zero attached hydrogens (tertiary/aromatic N) is 4. The molecular weight excluding hydrogens is 338 g/mol. The molecule has 0 fully saturated rings. The Morgan fingerprint density at radius 3 is 2.93 bits per heavy atom. The lowest BCUT2D eigenvalue weighted by Crippen LogP contribution is -2.26. The number of hydrogen-bond donors (Lipinski definition) is 1. The van der Waals surface area contributed by atoms with E-state index in [9.17, 15) is 4.79 Å². The Kier molecular flexibility index (Phi) is 3.93. The van der Waals surface area contributed by atoms with Gasteiger partial charge in [0.15, 0.2) is 0 Å². The van der Waals surface area contributed by atoms with Crippen molar-refractivity contribution < 1.29 is 4.79 Å². The van der Waals surface area contributed by atoms with Crippen LogP contribution in [-0.2, 0) is 13.6 Å². The van der Waals surface area contributed by atoms with Crippen molar-refractivity contribution in [2.75, 3.05) is 18.9 Å². The summed E-state index contributed by atoms with van der Waals surface area (Å²) in [6.45, 7) is 4.42. The number of rotatable bonds is 4. The number of amides is 1. The van der Waals surface area contributed by atoms with Crippen molar-refractivity contribution in [3.8, 4) is 17.2 Å². The Bertz CT molecular complexity index is 1140. The Morgan fingerprint density at radius 1 is 1.37 bits per heavy atom. The van der Waals surface area contributed by atoms with E-state index in [-0.39, 0.29) is 12.5 Å². The number of nitrogens with one attached hydrogen (secondary N) is 1. The highest BCUT2D eigenvalue weighted by molar-refractivity contribution is 6.06. The maximum atomic E-state index is 13.0. The van der Waals surface area contributed by atoms with Crippen LogP contribution in [0.4, 0.5) is 5.69 Å². The molecule has 0 radical (unpaired) electrons. The number of carbonyl (C=O) groups is 1. The molecule has 1 N–H and O–H groups in total. The molecule has 0 saturated heterocycles. The highest BCUT2D eigenvalue weighted by atomic mass is 16.2. The first kappa shape index (κ1) is 16.9. The van der Waals surface area contributed by atoms with Crippen molar-refractivity contribution in [3.63, 3.8) is 0 Å². The maximum Gasteiger partial charge on any atom is 0.256 e. The Labute approximate surface area is 157 Å². The third-order valence-corrected chi connectivity index (χ3v) is 5.03. The summed E-state index contributed by atoms with van der Waals surface area (Å²) in [4.78, 5) is 14.6. The average molecular weight is 357 g/mol. The van der Waals surface area contributed by atoms with E-state index in [1.165, 1.54) is 0 Å². The maximum absolute atomic E-state index is 13.0. The van der Waals surface area contributed by atoms with Crippen LogP contribution in [0, 0.1) is 11.3 Å². The molecular formula is C21H19N5O. The lowest BCUT2D eigenvalue weighted by Gasteiger charge is -2.14. The second kappa shape index (κ2) is 6.29. The number of nitriles is 1. The van der Waals surface area contributed by atoms with Gasteiger partial charge in [-0.3, -0.25) is 9.48 Å².